The van der Waals surface area contributed by atoms with Crippen LogP contribution in [0.25, 0.3) is 22.3 Å². The van der Waals surface area contributed by atoms with Crippen LogP contribution in [-0.2, 0) is 14.2 Å². The fourth-order valence-corrected chi connectivity index (χ4v) is 4.79. The average molecular weight is 579 g/mol. The second kappa shape index (κ2) is 11.5. The predicted octanol–water partition coefficient (Wildman–Crippen LogP) is -1.10. The Morgan fingerprint density at radius 2 is 1.54 bits per heavy atom. The van der Waals surface area contributed by atoms with Crippen LogP contribution >= 0.6 is 0 Å². The third-order valence-corrected chi connectivity index (χ3v) is 7.11. The molecule has 2 aliphatic heterocycles. The summed E-state index contributed by atoms with van der Waals surface area (Å²) in [5.41, 5.74) is -0.182. The first-order valence-electron chi connectivity index (χ1n) is 12.7. The fraction of sp³-hybridized carbons (Fsp3) is 0.444. The second-order valence-corrected chi connectivity index (χ2v) is 9.94. The standard InChI is InChI=1S/C27H30O14/c1-10-20(32)22(34)24(36)26(37-10)41-25-23(35)21(33)18(9-28)40-27(25)38-13-6-14(30)19-15(31)8-16(39-17(19)7-13)11-2-4-12(29)5-3-11/h2-8,10,18,20-30,32-36H,9H2,1H3/t10?,18?,20-,21-,22-,23-,24?,25?,26-,27+/m0/s1. The Morgan fingerprint density at radius 3 is 2.22 bits per heavy atom. The Hall–Kier alpha value is -3.31. The highest BCUT2D eigenvalue weighted by molar-refractivity contribution is 5.86. The lowest BCUT2D eigenvalue weighted by atomic mass is 9.97. The van der Waals surface area contributed by atoms with Gasteiger partial charge >= 0.3 is 0 Å². The summed E-state index contributed by atoms with van der Waals surface area (Å²) in [4.78, 5) is 12.8. The van der Waals surface area contributed by atoms with Gasteiger partial charge in [0.15, 0.2) is 17.8 Å². The van der Waals surface area contributed by atoms with Crippen molar-refractivity contribution in [3.63, 3.8) is 0 Å². The van der Waals surface area contributed by atoms with Gasteiger partial charge in [0, 0.05) is 23.8 Å². The molecule has 3 heterocycles. The van der Waals surface area contributed by atoms with Crippen molar-refractivity contribution >= 4 is 11.0 Å². The Morgan fingerprint density at radius 1 is 0.829 bits per heavy atom. The van der Waals surface area contributed by atoms with Gasteiger partial charge in [-0.3, -0.25) is 4.79 Å². The van der Waals surface area contributed by atoms with E-state index in [4.69, 9.17) is 23.4 Å². The van der Waals surface area contributed by atoms with Crippen LogP contribution in [0.15, 0.2) is 51.7 Å². The number of hydrogen-bond acceptors (Lipinski definition) is 14. The molecule has 0 amide bonds. The number of aliphatic hydroxyl groups excluding tert-OH is 6. The van der Waals surface area contributed by atoms with E-state index in [1.54, 1.807) is 0 Å². The van der Waals surface area contributed by atoms with Crippen molar-refractivity contribution in [2.45, 2.75) is 68.3 Å². The molecule has 1 aromatic heterocycles. The first kappa shape index (κ1) is 29.2. The number of fused-ring (bicyclic) bond motifs is 1. The first-order chi connectivity index (χ1) is 19.5. The van der Waals surface area contributed by atoms with Crippen molar-refractivity contribution in [2.24, 2.45) is 0 Å². The van der Waals surface area contributed by atoms with Crippen LogP contribution in [0.5, 0.6) is 17.2 Å². The van der Waals surface area contributed by atoms with Gasteiger partial charge in [-0.1, -0.05) is 0 Å². The largest absolute Gasteiger partial charge is 0.508 e. The van der Waals surface area contributed by atoms with Crippen LogP contribution in [0, 0.1) is 0 Å². The quantitative estimate of drug-likeness (QED) is 0.174. The van der Waals surface area contributed by atoms with E-state index >= 15 is 0 Å². The van der Waals surface area contributed by atoms with Crippen LogP contribution in [0.2, 0.25) is 0 Å². The summed E-state index contributed by atoms with van der Waals surface area (Å²) in [5, 5.41) is 81.4. The Labute approximate surface area is 231 Å². The maximum absolute atomic E-state index is 12.8. The van der Waals surface area contributed by atoms with Gasteiger partial charge in [-0.25, -0.2) is 0 Å². The summed E-state index contributed by atoms with van der Waals surface area (Å²) < 4.78 is 28.4. The molecule has 0 spiro atoms. The second-order valence-electron chi connectivity index (χ2n) is 9.94. The average Bonchev–Trinajstić information content (AvgIpc) is 2.94. The number of ether oxygens (including phenoxy) is 4. The summed E-state index contributed by atoms with van der Waals surface area (Å²) in [5.74, 6) is -0.498. The Kier molecular flexibility index (Phi) is 8.20. The number of phenolic OH excluding ortho intramolecular Hbond substituents is 2. The van der Waals surface area contributed by atoms with Gasteiger partial charge in [-0.05, 0) is 31.2 Å². The molecule has 14 heteroatoms. The fourth-order valence-electron chi connectivity index (χ4n) is 4.79. The van der Waals surface area contributed by atoms with Crippen LogP contribution in [-0.4, -0.2) is 109 Å². The minimum absolute atomic E-state index is 0.00857. The molecule has 2 aliphatic rings. The molecule has 0 radical (unpaired) electrons. The molecule has 8 N–H and O–H groups in total. The smallest absolute Gasteiger partial charge is 0.229 e. The molecule has 0 aliphatic carbocycles. The van der Waals surface area contributed by atoms with E-state index in [0.29, 0.717) is 5.56 Å². The van der Waals surface area contributed by atoms with E-state index in [1.165, 1.54) is 43.3 Å². The molecule has 41 heavy (non-hydrogen) atoms. The number of phenols is 2. The van der Waals surface area contributed by atoms with Gasteiger partial charge in [0.2, 0.25) is 6.29 Å². The van der Waals surface area contributed by atoms with Crippen molar-refractivity contribution in [3.8, 4) is 28.6 Å². The van der Waals surface area contributed by atoms with E-state index in [-0.39, 0.29) is 28.2 Å². The molecule has 4 unspecified atom stereocenters. The number of rotatable bonds is 6. The van der Waals surface area contributed by atoms with Gasteiger partial charge in [0.05, 0.1) is 12.7 Å². The Bertz CT molecular complexity index is 1420. The number of benzene rings is 2. The lowest BCUT2D eigenvalue weighted by Crippen LogP contribution is -2.64. The molecule has 2 fully saturated rings. The lowest BCUT2D eigenvalue weighted by molar-refractivity contribution is -0.354. The topological polar surface area (TPSA) is 229 Å². The SMILES string of the molecule is CC1O[C@@H](OC2[C@H](Oc3cc(O)c4c(=O)cc(-c5ccc(O)cc5)oc4c3)OC(CO)[C@H](O)[C@@H]2O)C(O)[C@@H](O)[C@H]1O. The van der Waals surface area contributed by atoms with Crippen molar-refractivity contribution in [1.29, 1.82) is 0 Å². The van der Waals surface area contributed by atoms with E-state index in [2.05, 4.69) is 0 Å². The summed E-state index contributed by atoms with van der Waals surface area (Å²) >= 11 is 0. The minimum Gasteiger partial charge on any atom is -0.508 e. The molecule has 0 saturated carbocycles. The summed E-state index contributed by atoms with van der Waals surface area (Å²) in [6.07, 6.45) is -15.3. The molecular formula is C27H30O14. The van der Waals surface area contributed by atoms with Crippen molar-refractivity contribution in [3.05, 3.63) is 52.7 Å². The zero-order valence-corrected chi connectivity index (χ0v) is 21.5. The van der Waals surface area contributed by atoms with Crippen molar-refractivity contribution < 1.29 is 64.2 Å². The lowest BCUT2D eigenvalue weighted by Gasteiger charge is -2.45. The van der Waals surface area contributed by atoms with E-state index in [1.807, 2.05) is 0 Å². The normalized spacial score (nSPS) is 34.0. The number of aromatic hydroxyl groups is 2. The summed E-state index contributed by atoms with van der Waals surface area (Å²) in [6.45, 7) is 0.704. The molecule has 14 nitrogen and oxygen atoms in total. The van der Waals surface area contributed by atoms with E-state index in [0.717, 1.165) is 6.07 Å². The maximum atomic E-state index is 12.8. The highest BCUT2D eigenvalue weighted by Crippen LogP contribution is 2.35. The van der Waals surface area contributed by atoms with Crippen LogP contribution < -0.4 is 10.2 Å². The predicted molar refractivity (Wildman–Crippen MR) is 137 cm³/mol. The van der Waals surface area contributed by atoms with Gasteiger partial charge in [-0.2, -0.15) is 0 Å². The summed E-state index contributed by atoms with van der Waals surface area (Å²) in [7, 11) is 0. The van der Waals surface area contributed by atoms with E-state index < -0.39 is 79.2 Å². The summed E-state index contributed by atoms with van der Waals surface area (Å²) in [6, 6.07) is 9.38. The van der Waals surface area contributed by atoms with Crippen molar-refractivity contribution in [2.75, 3.05) is 6.61 Å². The van der Waals surface area contributed by atoms with Crippen LogP contribution in [0.1, 0.15) is 6.92 Å². The molecule has 10 atom stereocenters. The Balaban J connectivity index is 1.47. The number of hydrogen-bond donors (Lipinski definition) is 8. The molecule has 222 valence electrons. The molecule has 2 saturated heterocycles. The van der Waals surface area contributed by atoms with Gasteiger partial charge in [-0.15, -0.1) is 0 Å². The molecule has 5 rings (SSSR count). The third-order valence-electron chi connectivity index (χ3n) is 7.11. The highest BCUT2D eigenvalue weighted by Gasteiger charge is 2.50. The molecule has 3 aromatic rings. The third kappa shape index (κ3) is 5.61. The van der Waals surface area contributed by atoms with Crippen LogP contribution in [0.4, 0.5) is 0 Å². The minimum atomic E-state index is -1.76. The van der Waals surface area contributed by atoms with Crippen molar-refractivity contribution in [1.82, 2.24) is 0 Å². The van der Waals surface area contributed by atoms with Crippen LogP contribution in [0.3, 0.4) is 0 Å². The molecule has 0 bridgehead atoms. The maximum Gasteiger partial charge on any atom is 0.229 e. The zero-order valence-electron chi connectivity index (χ0n) is 21.5. The number of aliphatic hydroxyl groups is 6. The first-order valence-corrected chi connectivity index (χ1v) is 12.7. The van der Waals surface area contributed by atoms with Gasteiger partial charge < -0.3 is 64.2 Å². The molecular weight excluding hydrogens is 548 g/mol. The highest BCUT2D eigenvalue weighted by atomic mass is 16.8. The van der Waals surface area contributed by atoms with E-state index in [9.17, 15) is 45.6 Å². The van der Waals surface area contributed by atoms with Gasteiger partial charge in [0.1, 0.15) is 70.6 Å². The monoisotopic (exact) mass is 578 g/mol. The van der Waals surface area contributed by atoms with Gasteiger partial charge in [0.25, 0.3) is 0 Å². The zero-order chi connectivity index (χ0) is 29.6. The molecule has 2 aromatic carbocycles.